The Bertz CT molecular complexity index is 638. The number of hydrogen-bond acceptors (Lipinski definition) is 1. The average Bonchev–Trinajstić information content (AvgIpc) is 2.52. The van der Waals surface area contributed by atoms with Gasteiger partial charge in [0.05, 0.1) is 7.11 Å². The Morgan fingerprint density at radius 1 is 0.727 bits per heavy atom. The van der Waals surface area contributed by atoms with Crippen LogP contribution < -0.4 is 4.74 Å². The van der Waals surface area contributed by atoms with Gasteiger partial charge in [-0.25, -0.2) is 0 Å². The quantitative estimate of drug-likeness (QED) is 0.655. The number of methoxy groups -OCH3 is 1. The second-order valence-electron chi connectivity index (χ2n) is 6.36. The molecule has 1 nitrogen and oxygen atoms in total. The van der Waals surface area contributed by atoms with Gasteiger partial charge in [-0.05, 0) is 34.2 Å². The Hall–Kier alpha value is -2.28. The zero-order chi connectivity index (χ0) is 16.0. The predicted octanol–water partition coefficient (Wildman–Crippen LogP) is 5.72. The molecule has 22 heavy (non-hydrogen) atoms. The second-order valence-corrected chi connectivity index (χ2v) is 6.36. The van der Waals surface area contributed by atoms with E-state index < -0.39 is 0 Å². The Kier molecular flexibility index (Phi) is 5.21. The Morgan fingerprint density at radius 2 is 1.18 bits per heavy atom. The van der Waals surface area contributed by atoms with Crippen LogP contribution in [-0.4, -0.2) is 7.11 Å². The maximum Gasteiger partial charge on any atom is 0.118 e. The van der Waals surface area contributed by atoms with Gasteiger partial charge in [-0.2, -0.15) is 0 Å². The Balaban J connectivity index is 1.98. The molecular formula is C21H24O. The van der Waals surface area contributed by atoms with Crippen LogP contribution in [0.2, 0.25) is 0 Å². The van der Waals surface area contributed by atoms with E-state index in [-0.39, 0.29) is 5.41 Å². The highest BCUT2D eigenvalue weighted by Gasteiger charge is 2.12. The minimum Gasteiger partial charge on any atom is -0.497 e. The van der Waals surface area contributed by atoms with E-state index in [9.17, 15) is 0 Å². The lowest BCUT2D eigenvalue weighted by atomic mass is 9.87. The number of rotatable bonds is 4. The van der Waals surface area contributed by atoms with E-state index in [0.717, 1.165) is 11.3 Å². The van der Waals surface area contributed by atoms with Crippen LogP contribution in [0.3, 0.4) is 0 Å². The van der Waals surface area contributed by atoms with Crippen LogP contribution in [0, 0.1) is 0 Å². The molecule has 2 aromatic rings. The van der Waals surface area contributed by atoms with Crippen molar-refractivity contribution in [1.82, 2.24) is 0 Å². The number of ether oxygens (including phenoxy) is 1. The molecule has 2 rings (SSSR count). The van der Waals surface area contributed by atoms with Gasteiger partial charge < -0.3 is 4.74 Å². The molecule has 0 radical (unpaired) electrons. The molecule has 0 aliphatic heterocycles. The van der Waals surface area contributed by atoms with Crippen molar-refractivity contribution in [3.63, 3.8) is 0 Å². The smallest absolute Gasteiger partial charge is 0.118 e. The SMILES string of the molecule is COc1ccc(/C=C/C=C/c2ccc(C(C)(C)C)cc2)cc1. The second kappa shape index (κ2) is 7.13. The highest BCUT2D eigenvalue weighted by Crippen LogP contribution is 2.22. The van der Waals surface area contributed by atoms with Gasteiger partial charge in [-0.15, -0.1) is 0 Å². The van der Waals surface area contributed by atoms with Gasteiger partial charge in [-0.3, -0.25) is 0 Å². The zero-order valence-electron chi connectivity index (χ0n) is 13.8. The maximum atomic E-state index is 5.15. The van der Waals surface area contributed by atoms with Gasteiger partial charge in [-0.1, -0.05) is 81.5 Å². The van der Waals surface area contributed by atoms with Crippen LogP contribution in [0.4, 0.5) is 0 Å². The summed E-state index contributed by atoms with van der Waals surface area (Å²) in [7, 11) is 1.68. The van der Waals surface area contributed by atoms with Crippen molar-refractivity contribution in [1.29, 1.82) is 0 Å². The average molecular weight is 292 g/mol. The number of allylic oxidation sites excluding steroid dienone is 2. The minimum absolute atomic E-state index is 0.205. The fraction of sp³-hybridized carbons (Fsp3) is 0.238. The molecule has 2 aromatic carbocycles. The molecule has 0 aliphatic carbocycles. The first-order valence-corrected chi connectivity index (χ1v) is 7.58. The molecule has 0 saturated carbocycles. The Morgan fingerprint density at radius 3 is 1.59 bits per heavy atom. The number of benzene rings is 2. The summed E-state index contributed by atoms with van der Waals surface area (Å²) in [4.78, 5) is 0. The first-order chi connectivity index (χ1) is 10.5. The molecule has 0 aliphatic rings. The minimum atomic E-state index is 0.205. The van der Waals surface area contributed by atoms with E-state index in [0.29, 0.717) is 0 Å². The summed E-state index contributed by atoms with van der Waals surface area (Å²) in [5, 5.41) is 0. The topological polar surface area (TPSA) is 9.23 Å². The molecule has 0 bridgehead atoms. The first kappa shape index (κ1) is 16.1. The van der Waals surface area contributed by atoms with E-state index in [1.54, 1.807) is 7.11 Å². The Labute approximate surface area is 134 Å². The third kappa shape index (κ3) is 4.63. The van der Waals surface area contributed by atoms with E-state index in [2.05, 4.69) is 69.3 Å². The van der Waals surface area contributed by atoms with Crippen molar-refractivity contribution in [3.8, 4) is 5.75 Å². The van der Waals surface area contributed by atoms with E-state index in [1.807, 2.05) is 24.3 Å². The fourth-order valence-corrected chi connectivity index (χ4v) is 2.14. The van der Waals surface area contributed by atoms with Crippen molar-refractivity contribution < 1.29 is 4.74 Å². The zero-order valence-corrected chi connectivity index (χ0v) is 13.8. The lowest BCUT2D eigenvalue weighted by molar-refractivity contribution is 0.415. The summed E-state index contributed by atoms with van der Waals surface area (Å²) >= 11 is 0. The highest BCUT2D eigenvalue weighted by molar-refractivity contribution is 5.57. The summed E-state index contributed by atoms with van der Waals surface area (Å²) < 4.78 is 5.15. The molecule has 0 heterocycles. The molecular weight excluding hydrogens is 268 g/mol. The third-order valence-electron chi connectivity index (χ3n) is 3.58. The predicted molar refractivity (Wildman–Crippen MR) is 96.2 cm³/mol. The molecule has 1 heteroatoms. The van der Waals surface area contributed by atoms with Crippen molar-refractivity contribution in [2.45, 2.75) is 26.2 Å². The summed E-state index contributed by atoms with van der Waals surface area (Å²) in [5.41, 5.74) is 3.94. The van der Waals surface area contributed by atoms with Gasteiger partial charge in [0.25, 0.3) is 0 Å². The lowest BCUT2D eigenvalue weighted by Gasteiger charge is -2.18. The summed E-state index contributed by atoms with van der Waals surface area (Å²) in [6, 6.07) is 16.8. The van der Waals surface area contributed by atoms with Crippen molar-refractivity contribution in [3.05, 3.63) is 77.4 Å². The molecule has 0 unspecified atom stereocenters. The van der Waals surface area contributed by atoms with Crippen LogP contribution in [0.5, 0.6) is 5.75 Å². The third-order valence-corrected chi connectivity index (χ3v) is 3.58. The molecule has 0 spiro atoms. The molecule has 0 atom stereocenters. The summed E-state index contributed by atoms with van der Waals surface area (Å²) in [6.07, 6.45) is 8.32. The normalized spacial score (nSPS) is 12.2. The number of hydrogen-bond donors (Lipinski definition) is 0. The summed E-state index contributed by atoms with van der Waals surface area (Å²) in [6.45, 7) is 6.69. The van der Waals surface area contributed by atoms with Crippen LogP contribution in [-0.2, 0) is 5.41 Å². The van der Waals surface area contributed by atoms with Crippen LogP contribution in [0.15, 0.2) is 60.7 Å². The van der Waals surface area contributed by atoms with Crippen molar-refractivity contribution in [2.75, 3.05) is 7.11 Å². The van der Waals surface area contributed by atoms with E-state index >= 15 is 0 Å². The van der Waals surface area contributed by atoms with Crippen LogP contribution >= 0.6 is 0 Å². The monoisotopic (exact) mass is 292 g/mol. The molecule has 0 fully saturated rings. The van der Waals surface area contributed by atoms with Gasteiger partial charge in [0, 0.05) is 0 Å². The maximum absolute atomic E-state index is 5.15. The first-order valence-electron chi connectivity index (χ1n) is 7.58. The van der Waals surface area contributed by atoms with E-state index in [4.69, 9.17) is 4.74 Å². The van der Waals surface area contributed by atoms with Crippen molar-refractivity contribution in [2.24, 2.45) is 0 Å². The van der Waals surface area contributed by atoms with E-state index in [1.165, 1.54) is 11.1 Å². The fourth-order valence-electron chi connectivity index (χ4n) is 2.14. The van der Waals surface area contributed by atoms with Gasteiger partial charge in [0.15, 0.2) is 0 Å². The standard InChI is InChI=1S/C21H24O/c1-21(2,3)19-13-9-17(10-14-19)7-5-6-8-18-11-15-20(22-4)16-12-18/h5-16H,1-4H3/b7-5+,8-6+. The molecule has 0 aromatic heterocycles. The van der Waals surface area contributed by atoms with Gasteiger partial charge in [0.2, 0.25) is 0 Å². The molecule has 114 valence electrons. The molecule has 0 saturated heterocycles. The highest BCUT2D eigenvalue weighted by atomic mass is 16.5. The lowest BCUT2D eigenvalue weighted by Crippen LogP contribution is -2.10. The van der Waals surface area contributed by atoms with Crippen molar-refractivity contribution >= 4 is 12.2 Å². The van der Waals surface area contributed by atoms with Crippen LogP contribution in [0.1, 0.15) is 37.5 Å². The molecule has 0 amide bonds. The van der Waals surface area contributed by atoms with Gasteiger partial charge in [0.1, 0.15) is 5.75 Å². The largest absolute Gasteiger partial charge is 0.497 e. The molecule has 0 N–H and O–H groups in total. The van der Waals surface area contributed by atoms with Gasteiger partial charge >= 0.3 is 0 Å². The van der Waals surface area contributed by atoms with Crippen LogP contribution in [0.25, 0.3) is 12.2 Å². The summed E-state index contributed by atoms with van der Waals surface area (Å²) in [5.74, 6) is 0.881.